The van der Waals surface area contributed by atoms with Crippen molar-refractivity contribution in [2.75, 3.05) is 26.8 Å². The second kappa shape index (κ2) is 7.52. The van der Waals surface area contributed by atoms with Crippen LogP contribution in [0.2, 0.25) is 0 Å². The fourth-order valence-electron chi connectivity index (χ4n) is 1.47. The van der Waals surface area contributed by atoms with Gasteiger partial charge in [0.25, 0.3) is 5.91 Å². The molecule has 0 aliphatic heterocycles. The Kier molecular flexibility index (Phi) is 6.00. The molecule has 1 aromatic carbocycles. The van der Waals surface area contributed by atoms with Crippen LogP contribution in [0.5, 0.6) is 0 Å². The molecule has 0 aromatic heterocycles. The second-order valence-electron chi connectivity index (χ2n) is 3.92. The zero-order chi connectivity index (χ0) is 14.3. The van der Waals surface area contributed by atoms with Crippen molar-refractivity contribution in [2.45, 2.75) is 6.42 Å². The monoisotopic (exact) mass is 265 g/mol. The smallest absolute Gasteiger partial charge is 0.255 e. The largest absolute Gasteiger partial charge is 0.395 e. The van der Waals surface area contributed by atoms with E-state index < -0.39 is 11.7 Å². The average molecular weight is 265 g/mol. The average Bonchev–Trinajstić information content (AvgIpc) is 2.40. The Labute approximate surface area is 111 Å². The van der Waals surface area contributed by atoms with Crippen molar-refractivity contribution in [1.82, 2.24) is 4.90 Å². The van der Waals surface area contributed by atoms with Crippen LogP contribution in [0, 0.1) is 17.7 Å². The Morgan fingerprint density at radius 1 is 1.37 bits per heavy atom. The predicted octanol–water partition coefficient (Wildman–Crippen LogP) is 0.624. The zero-order valence-corrected chi connectivity index (χ0v) is 10.7. The van der Waals surface area contributed by atoms with Gasteiger partial charge in [-0.1, -0.05) is 11.8 Å². The predicted molar refractivity (Wildman–Crippen MR) is 69.0 cm³/mol. The minimum Gasteiger partial charge on any atom is -0.395 e. The highest BCUT2D eigenvalue weighted by Crippen LogP contribution is 2.12. The van der Waals surface area contributed by atoms with E-state index >= 15 is 0 Å². The van der Waals surface area contributed by atoms with E-state index in [-0.39, 0.29) is 31.7 Å². The van der Waals surface area contributed by atoms with Gasteiger partial charge in [0.05, 0.1) is 18.8 Å². The van der Waals surface area contributed by atoms with Crippen LogP contribution in [-0.2, 0) is 0 Å². The molecule has 1 rings (SSSR count). The Bertz CT molecular complexity index is 505. The number of hydrogen-bond acceptors (Lipinski definition) is 3. The highest BCUT2D eigenvalue weighted by molar-refractivity contribution is 5.96. The Morgan fingerprint density at radius 2 is 2.11 bits per heavy atom. The maximum atomic E-state index is 13.2. The van der Waals surface area contributed by atoms with Gasteiger partial charge in [-0.3, -0.25) is 4.79 Å². The molecule has 102 valence electrons. The summed E-state index contributed by atoms with van der Waals surface area (Å²) in [7, 11) is 1.52. The number of amides is 1. The molecule has 19 heavy (non-hydrogen) atoms. The highest BCUT2D eigenvalue weighted by atomic mass is 19.1. The summed E-state index contributed by atoms with van der Waals surface area (Å²) in [6.07, 6.45) is 0.289. The number of aliphatic hydroxyl groups is 2. The minimum absolute atomic E-state index is 0.0676. The topological polar surface area (TPSA) is 60.8 Å². The van der Waals surface area contributed by atoms with Crippen LogP contribution in [0.3, 0.4) is 0 Å². The number of aliphatic hydroxyl groups excluding tert-OH is 2. The summed E-state index contributed by atoms with van der Waals surface area (Å²) in [6, 6.07) is 3.78. The molecule has 0 spiro atoms. The Balaban J connectivity index is 3.07. The minimum atomic E-state index is -0.520. The van der Waals surface area contributed by atoms with E-state index in [1.807, 2.05) is 0 Å². The molecule has 0 aliphatic carbocycles. The molecule has 0 atom stereocenters. The van der Waals surface area contributed by atoms with Crippen LogP contribution in [0.25, 0.3) is 0 Å². The first-order valence-corrected chi connectivity index (χ1v) is 5.85. The number of nitrogens with zero attached hydrogens (tertiary/aromatic N) is 1. The SMILES string of the molecule is CN(CCO)C(=O)c1cc(F)ccc1C#CCCO. The van der Waals surface area contributed by atoms with Crippen molar-refractivity contribution in [1.29, 1.82) is 0 Å². The van der Waals surface area contributed by atoms with Gasteiger partial charge in [-0.05, 0) is 18.2 Å². The van der Waals surface area contributed by atoms with Crippen molar-refractivity contribution >= 4 is 5.91 Å². The summed E-state index contributed by atoms with van der Waals surface area (Å²) in [5, 5.41) is 17.5. The van der Waals surface area contributed by atoms with E-state index in [0.29, 0.717) is 5.56 Å². The lowest BCUT2D eigenvalue weighted by Crippen LogP contribution is -2.30. The van der Waals surface area contributed by atoms with Crippen molar-refractivity contribution in [3.8, 4) is 11.8 Å². The molecule has 5 heteroatoms. The molecule has 0 aliphatic rings. The van der Waals surface area contributed by atoms with Gasteiger partial charge in [0, 0.05) is 25.6 Å². The van der Waals surface area contributed by atoms with Crippen molar-refractivity contribution in [3.63, 3.8) is 0 Å². The molecule has 0 fully saturated rings. The van der Waals surface area contributed by atoms with Crippen LogP contribution >= 0.6 is 0 Å². The van der Waals surface area contributed by atoms with E-state index in [1.54, 1.807) is 0 Å². The van der Waals surface area contributed by atoms with Crippen LogP contribution in [0.15, 0.2) is 18.2 Å². The van der Waals surface area contributed by atoms with Gasteiger partial charge in [-0.2, -0.15) is 0 Å². The molecular weight excluding hydrogens is 249 g/mol. The zero-order valence-electron chi connectivity index (χ0n) is 10.7. The van der Waals surface area contributed by atoms with Gasteiger partial charge in [-0.15, -0.1) is 0 Å². The standard InChI is InChI=1S/C14H16FNO3/c1-16(7-9-18)14(19)13-10-12(15)6-5-11(13)4-2-3-8-17/h5-6,10,17-18H,3,7-9H2,1H3. The molecule has 0 heterocycles. The van der Waals surface area contributed by atoms with Crippen LogP contribution in [0.1, 0.15) is 22.3 Å². The first-order valence-electron chi connectivity index (χ1n) is 5.85. The second-order valence-corrected chi connectivity index (χ2v) is 3.92. The molecule has 1 amide bonds. The molecule has 0 saturated heterocycles. The van der Waals surface area contributed by atoms with Gasteiger partial charge in [0.15, 0.2) is 0 Å². The van der Waals surface area contributed by atoms with Gasteiger partial charge in [-0.25, -0.2) is 4.39 Å². The van der Waals surface area contributed by atoms with E-state index in [4.69, 9.17) is 10.2 Å². The number of halogens is 1. The summed E-state index contributed by atoms with van der Waals surface area (Å²) < 4.78 is 13.2. The quantitative estimate of drug-likeness (QED) is 0.785. The lowest BCUT2D eigenvalue weighted by atomic mass is 10.1. The number of benzene rings is 1. The summed E-state index contributed by atoms with van der Waals surface area (Å²) in [5.41, 5.74) is 0.561. The molecule has 4 nitrogen and oxygen atoms in total. The summed E-state index contributed by atoms with van der Waals surface area (Å²) >= 11 is 0. The number of carbonyl (C=O) groups excluding carboxylic acids is 1. The van der Waals surface area contributed by atoms with Gasteiger partial charge in [0.1, 0.15) is 5.82 Å². The van der Waals surface area contributed by atoms with E-state index in [0.717, 1.165) is 6.07 Å². The maximum Gasteiger partial charge on any atom is 0.255 e. The highest BCUT2D eigenvalue weighted by Gasteiger charge is 2.15. The fraction of sp³-hybridized carbons (Fsp3) is 0.357. The van der Waals surface area contributed by atoms with Crippen molar-refractivity contribution in [2.24, 2.45) is 0 Å². The Hall–Kier alpha value is -1.90. The first kappa shape index (κ1) is 15.2. The molecule has 2 N–H and O–H groups in total. The first-order chi connectivity index (χ1) is 9.10. The molecule has 1 aromatic rings. The third-order valence-corrected chi connectivity index (χ3v) is 2.45. The summed E-state index contributed by atoms with van der Waals surface area (Å²) in [5.74, 6) is 4.51. The van der Waals surface area contributed by atoms with Crippen molar-refractivity contribution in [3.05, 3.63) is 35.1 Å². The van der Waals surface area contributed by atoms with E-state index in [9.17, 15) is 9.18 Å². The van der Waals surface area contributed by atoms with Crippen LogP contribution in [-0.4, -0.2) is 47.8 Å². The third kappa shape index (κ3) is 4.36. The molecule has 0 unspecified atom stereocenters. The number of rotatable bonds is 4. The maximum absolute atomic E-state index is 13.2. The summed E-state index contributed by atoms with van der Waals surface area (Å²) in [6.45, 7) is -0.0656. The molecular formula is C14H16FNO3. The lowest BCUT2D eigenvalue weighted by Gasteiger charge is -2.16. The Morgan fingerprint density at radius 3 is 2.74 bits per heavy atom. The molecule has 0 bridgehead atoms. The summed E-state index contributed by atoms with van der Waals surface area (Å²) in [4.78, 5) is 13.4. The van der Waals surface area contributed by atoms with Gasteiger partial charge in [0.2, 0.25) is 0 Å². The van der Waals surface area contributed by atoms with Crippen LogP contribution < -0.4 is 0 Å². The normalized spacial score (nSPS) is 9.68. The number of hydrogen-bond donors (Lipinski definition) is 2. The molecule has 0 radical (unpaired) electrons. The number of carbonyl (C=O) groups is 1. The van der Waals surface area contributed by atoms with Gasteiger partial charge >= 0.3 is 0 Å². The van der Waals surface area contributed by atoms with Crippen LogP contribution in [0.4, 0.5) is 4.39 Å². The lowest BCUT2D eigenvalue weighted by molar-refractivity contribution is 0.0766. The van der Waals surface area contributed by atoms with E-state index in [2.05, 4.69) is 11.8 Å². The molecule has 0 saturated carbocycles. The van der Waals surface area contributed by atoms with Gasteiger partial charge < -0.3 is 15.1 Å². The van der Waals surface area contributed by atoms with Crippen molar-refractivity contribution < 1.29 is 19.4 Å². The number of likely N-dealkylation sites (N-methyl/N-ethyl adjacent to an activating group) is 1. The van der Waals surface area contributed by atoms with E-state index in [1.165, 1.54) is 24.1 Å². The third-order valence-electron chi connectivity index (χ3n) is 2.45. The fourth-order valence-corrected chi connectivity index (χ4v) is 1.47.